The Morgan fingerprint density at radius 2 is 2.00 bits per heavy atom. The van der Waals surface area contributed by atoms with E-state index in [4.69, 9.17) is 5.11 Å². The predicted octanol–water partition coefficient (Wildman–Crippen LogP) is 1.74. The number of carboxylic acid groups (broad SMARTS) is 1. The maximum atomic E-state index is 13.6. The van der Waals surface area contributed by atoms with Gasteiger partial charge in [-0.3, -0.25) is 0 Å². The van der Waals surface area contributed by atoms with Crippen LogP contribution in [0.1, 0.15) is 23.2 Å². The van der Waals surface area contributed by atoms with Gasteiger partial charge in [-0.2, -0.15) is 0 Å². The first-order valence-corrected chi connectivity index (χ1v) is 6.87. The largest absolute Gasteiger partial charge is 0.478 e. The number of urea groups is 1. The summed E-state index contributed by atoms with van der Waals surface area (Å²) >= 11 is 0. The molecule has 2 amide bonds. The second-order valence-electron chi connectivity index (χ2n) is 4.90. The molecule has 114 valence electrons. The van der Waals surface area contributed by atoms with Gasteiger partial charge in [-0.25, -0.2) is 14.0 Å². The molecule has 1 fully saturated rings. The molecule has 0 spiro atoms. The van der Waals surface area contributed by atoms with Crippen molar-refractivity contribution in [3.8, 4) is 0 Å². The molecule has 0 bridgehead atoms. The summed E-state index contributed by atoms with van der Waals surface area (Å²) in [5.41, 5.74) is -0.589. The van der Waals surface area contributed by atoms with E-state index in [1.807, 2.05) is 0 Å². The number of carbonyl (C=O) groups is 2. The highest BCUT2D eigenvalue weighted by Gasteiger charge is 2.16. The Kier molecular flexibility index (Phi) is 5.10. The molecule has 3 N–H and O–H groups in total. The quantitative estimate of drug-likeness (QED) is 0.773. The van der Waals surface area contributed by atoms with Gasteiger partial charge in [0.05, 0.1) is 11.3 Å². The number of nitrogens with one attached hydrogen (secondary N) is 2. The third kappa shape index (κ3) is 4.16. The van der Waals surface area contributed by atoms with E-state index in [2.05, 4.69) is 15.5 Å². The Balaban J connectivity index is 1.88. The average Bonchev–Trinajstić information content (AvgIpc) is 2.94. The summed E-state index contributed by atoms with van der Waals surface area (Å²) < 4.78 is 13.6. The van der Waals surface area contributed by atoms with Gasteiger partial charge in [-0.05, 0) is 38.1 Å². The molecule has 7 heteroatoms. The van der Waals surface area contributed by atoms with Crippen LogP contribution < -0.4 is 10.6 Å². The molecule has 21 heavy (non-hydrogen) atoms. The lowest BCUT2D eigenvalue weighted by Crippen LogP contribution is -2.36. The topological polar surface area (TPSA) is 81.7 Å². The molecule has 2 rings (SSSR count). The van der Waals surface area contributed by atoms with E-state index in [0.29, 0.717) is 6.54 Å². The number of amides is 2. The number of carbonyl (C=O) groups excluding carboxylic acids is 1. The molecule has 1 aromatic rings. The second-order valence-corrected chi connectivity index (χ2v) is 4.90. The molecule has 1 aromatic carbocycles. The van der Waals surface area contributed by atoms with Crippen LogP contribution in [0.2, 0.25) is 0 Å². The Bertz CT molecular complexity index is 530. The van der Waals surface area contributed by atoms with Crippen LogP contribution in [0.4, 0.5) is 14.9 Å². The lowest BCUT2D eigenvalue weighted by molar-refractivity contribution is 0.0697. The van der Waals surface area contributed by atoms with E-state index in [-0.39, 0.29) is 11.3 Å². The Morgan fingerprint density at radius 1 is 1.29 bits per heavy atom. The monoisotopic (exact) mass is 295 g/mol. The number of halogens is 1. The number of benzene rings is 1. The molecule has 0 aliphatic carbocycles. The van der Waals surface area contributed by atoms with Crippen LogP contribution >= 0.6 is 0 Å². The van der Waals surface area contributed by atoms with Crippen molar-refractivity contribution in [2.24, 2.45) is 0 Å². The van der Waals surface area contributed by atoms with E-state index >= 15 is 0 Å². The van der Waals surface area contributed by atoms with Crippen molar-refractivity contribution < 1.29 is 19.1 Å². The minimum absolute atomic E-state index is 0.273. The smallest absolute Gasteiger partial charge is 0.337 e. The van der Waals surface area contributed by atoms with Gasteiger partial charge in [0.1, 0.15) is 5.82 Å². The van der Waals surface area contributed by atoms with Crippen molar-refractivity contribution >= 4 is 17.7 Å². The van der Waals surface area contributed by atoms with Crippen molar-refractivity contribution in [3.63, 3.8) is 0 Å². The zero-order valence-electron chi connectivity index (χ0n) is 11.6. The van der Waals surface area contributed by atoms with Crippen molar-refractivity contribution in [3.05, 3.63) is 29.6 Å². The zero-order chi connectivity index (χ0) is 15.2. The summed E-state index contributed by atoms with van der Waals surface area (Å²) in [6, 6.07) is 3.02. The van der Waals surface area contributed by atoms with Gasteiger partial charge in [-0.1, -0.05) is 6.07 Å². The zero-order valence-corrected chi connectivity index (χ0v) is 11.6. The van der Waals surface area contributed by atoms with Crippen molar-refractivity contribution in [2.75, 3.05) is 31.5 Å². The first kappa shape index (κ1) is 15.2. The molecule has 1 saturated heterocycles. The lowest BCUT2D eigenvalue weighted by atomic mass is 10.1. The summed E-state index contributed by atoms with van der Waals surface area (Å²) in [7, 11) is 0. The molecule has 0 unspecified atom stereocenters. The average molecular weight is 295 g/mol. The third-order valence-electron chi connectivity index (χ3n) is 3.39. The number of hydrogen-bond acceptors (Lipinski definition) is 3. The van der Waals surface area contributed by atoms with Crippen LogP contribution in [-0.4, -0.2) is 48.2 Å². The highest BCUT2D eigenvalue weighted by molar-refractivity contribution is 6.00. The SMILES string of the molecule is O=C(NCCN1CCCC1)Nc1c(F)cccc1C(=O)O. The minimum Gasteiger partial charge on any atom is -0.478 e. The van der Waals surface area contributed by atoms with Crippen LogP contribution in [0.3, 0.4) is 0 Å². The lowest BCUT2D eigenvalue weighted by Gasteiger charge is -2.15. The normalized spacial score (nSPS) is 14.9. The van der Waals surface area contributed by atoms with Gasteiger partial charge in [0, 0.05) is 13.1 Å². The third-order valence-corrected chi connectivity index (χ3v) is 3.39. The predicted molar refractivity (Wildman–Crippen MR) is 76.1 cm³/mol. The van der Waals surface area contributed by atoms with Gasteiger partial charge < -0.3 is 20.6 Å². The van der Waals surface area contributed by atoms with Gasteiger partial charge in [0.15, 0.2) is 0 Å². The van der Waals surface area contributed by atoms with Crippen molar-refractivity contribution in [1.82, 2.24) is 10.2 Å². The first-order chi connectivity index (χ1) is 10.1. The molecule has 0 saturated carbocycles. The Labute approximate surface area is 121 Å². The molecule has 1 aliphatic heterocycles. The van der Waals surface area contributed by atoms with Gasteiger partial charge in [0.2, 0.25) is 0 Å². The maximum absolute atomic E-state index is 13.6. The molecule has 1 heterocycles. The standard InChI is InChI=1S/C14H18FN3O3/c15-11-5-3-4-10(13(19)20)12(11)17-14(21)16-6-9-18-7-1-2-8-18/h3-5H,1-2,6-9H2,(H,19,20)(H2,16,17,21). The number of likely N-dealkylation sites (tertiary alicyclic amines) is 1. The Morgan fingerprint density at radius 3 is 2.67 bits per heavy atom. The van der Waals surface area contributed by atoms with E-state index in [1.165, 1.54) is 25.0 Å². The number of rotatable bonds is 5. The summed E-state index contributed by atoms with van der Waals surface area (Å²) in [4.78, 5) is 24.9. The van der Waals surface area contributed by atoms with E-state index in [0.717, 1.165) is 25.7 Å². The fourth-order valence-electron chi connectivity index (χ4n) is 2.32. The minimum atomic E-state index is -1.29. The molecule has 6 nitrogen and oxygen atoms in total. The van der Waals surface area contributed by atoms with Gasteiger partial charge >= 0.3 is 12.0 Å². The highest BCUT2D eigenvalue weighted by atomic mass is 19.1. The van der Waals surface area contributed by atoms with Crippen LogP contribution in [-0.2, 0) is 0 Å². The molecular formula is C14H18FN3O3. The van der Waals surface area contributed by atoms with E-state index in [1.54, 1.807) is 0 Å². The van der Waals surface area contributed by atoms with Crippen LogP contribution in [0.5, 0.6) is 0 Å². The Hall–Kier alpha value is -2.15. The highest BCUT2D eigenvalue weighted by Crippen LogP contribution is 2.19. The summed E-state index contributed by atoms with van der Waals surface area (Å²) in [6.45, 7) is 3.22. The van der Waals surface area contributed by atoms with Crippen molar-refractivity contribution in [1.29, 1.82) is 0 Å². The van der Waals surface area contributed by atoms with Gasteiger partial charge in [0.25, 0.3) is 0 Å². The summed E-state index contributed by atoms with van der Waals surface area (Å²) in [5.74, 6) is -2.06. The molecule has 1 aliphatic rings. The molecular weight excluding hydrogens is 277 g/mol. The molecule has 0 aromatic heterocycles. The number of aromatic carboxylic acids is 1. The number of carboxylic acids is 1. The van der Waals surface area contributed by atoms with E-state index in [9.17, 15) is 14.0 Å². The van der Waals surface area contributed by atoms with Crippen molar-refractivity contribution in [2.45, 2.75) is 12.8 Å². The number of para-hydroxylation sites is 1. The number of anilines is 1. The maximum Gasteiger partial charge on any atom is 0.337 e. The van der Waals surface area contributed by atoms with Gasteiger partial charge in [-0.15, -0.1) is 0 Å². The van der Waals surface area contributed by atoms with Crippen LogP contribution in [0, 0.1) is 5.82 Å². The summed E-state index contributed by atoms with van der Waals surface area (Å²) in [6.07, 6.45) is 2.34. The van der Waals surface area contributed by atoms with E-state index < -0.39 is 17.8 Å². The molecule has 0 radical (unpaired) electrons. The number of nitrogens with zero attached hydrogens (tertiary/aromatic N) is 1. The molecule has 0 atom stereocenters. The first-order valence-electron chi connectivity index (χ1n) is 6.87. The fourth-order valence-corrected chi connectivity index (χ4v) is 2.32. The fraction of sp³-hybridized carbons (Fsp3) is 0.429. The second kappa shape index (κ2) is 7.03. The summed E-state index contributed by atoms with van der Waals surface area (Å²) in [5, 5.41) is 13.8. The number of hydrogen-bond donors (Lipinski definition) is 3. The van der Waals surface area contributed by atoms with Crippen LogP contribution in [0.15, 0.2) is 18.2 Å². The van der Waals surface area contributed by atoms with Crippen LogP contribution in [0.25, 0.3) is 0 Å².